The maximum absolute atomic E-state index is 13.0. The highest BCUT2D eigenvalue weighted by molar-refractivity contribution is 6.06. The van der Waals surface area contributed by atoms with Crippen molar-refractivity contribution in [2.75, 3.05) is 7.11 Å². The van der Waals surface area contributed by atoms with Crippen LogP contribution in [0.5, 0.6) is 0 Å². The number of esters is 1. The first-order chi connectivity index (χ1) is 12.4. The molecule has 0 bridgehead atoms. The largest absolute Gasteiger partial charge is 0.467 e. The van der Waals surface area contributed by atoms with Crippen LogP contribution in [-0.4, -0.2) is 39.1 Å². The number of imidazole rings is 1. The molecule has 1 unspecified atom stereocenters. The second-order valence-electron chi connectivity index (χ2n) is 7.11. The molecule has 140 valence electrons. The van der Waals surface area contributed by atoms with E-state index < -0.39 is 11.5 Å². The van der Waals surface area contributed by atoms with Gasteiger partial charge in [0.15, 0.2) is 5.65 Å². The first-order valence-electron chi connectivity index (χ1n) is 9.17. The molecule has 0 saturated heterocycles. The van der Waals surface area contributed by atoms with Crippen molar-refractivity contribution in [1.29, 1.82) is 0 Å². The van der Waals surface area contributed by atoms with Crippen molar-refractivity contribution in [1.82, 2.24) is 19.9 Å². The van der Waals surface area contributed by atoms with E-state index in [0.29, 0.717) is 17.5 Å². The van der Waals surface area contributed by atoms with E-state index in [-0.39, 0.29) is 5.91 Å². The molecular weight excluding hydrogens is 332 g/mol. The summed E-state index contributed by atoms with van der Waals surface area (Å²) in [7, 11) is 1.32. The minimum atomic E-state index is -1.08. The third kappa shape index (κ3) is 3.18. The standard InChI is InChI=1S/C19H26N4O3/c1-5-19(3,18(25)26-4)22-17(24)13-11-12(2)20-16-15(13)21-14-9-7-6-8-10-23(14)16/h11H,5-10H2,1-4H3,(H,22,24). The van der Waals surface area contributed by atoms with Crippen molar-refractivity contribution >= 4 is 23.0 Å². The molecule has 3 rings (SSSR count). The summed E-state index contributed by atoms with van der Waals surface area (Å²) >= 11 is 0. The van der Waals surface area contributed by atoms with Gasteiger partial charge in [-0.05, 0) is 39.2 Å². The third-order valence-corrected chi connectivity index (χ3v) is 5.17. The van der Waals surface area contributed by atoms with Gasteiger partial charge in [0.25, 0.3) is 5.91 Å². The maximum atomic E-state index is 13.0. The Labute approximate surface area is 153 Å². The fraction of sp³-hybridized carbons (Fsp3) is 0.579. The van der Waals surface area contributed by atoms with Gasteiger partial charge in [0.1, 0.15) is 16.9 Å². The summed E-state index contributed by atoms with van der Waals surface area (Å²) in [6, 6.07) is 1.73. The van der Waals surface area contributed by atoms with Gasteiger partial charge in [0.2, 0.25) is 0 Å². The van der Waals surface area contributed by atoms with E-state index in [4.69, 9.17) is 9.72 Å². The Morgan fingerprint density at radius 2 is 2.08 bits per heavy atom. The summed E-state index contributed by atoms with van der Waals surface area (Å²) in [5.41, 5.74) is 1.49. The molecule has 0 fully saturated rings. The fourth-order valence-electron chi connectivity index (χ4n) is 3.42. The van der Waals surface area contributed by atoms with E-state index in [2.05, 4.69) is 14.9 Å². The van der Waals surface area contributed by atoms with Crippen molar-refractivity contribution in [2.45, 2.75) is 65.0 Å². The average molecular weight is 358 g/mol. The molecule has 1 amide bonds. The van der Waals surface area contributed by atoms with Gasteiger partial charge in [0, 0.05) is 18.7 Å². The van der Waals surface area contributed by atoms with Crippen LogP contribution in [-0.2, 0) is 22.5 Å². The van der Waals surface area contributed by atoms with Crippen molar-refractivity contribution in [3.05, 3.63) is 23.1 Å². The number of fused-ring (bicyclic) bond motifs is 3. The predicted octanol–water partition coefficient (Wildman–Crippen LogP) is 2.54. The second-order valence-corrected chi connectivity index (χ2v) is 7.11. The second kappa shape index (κ2) is 7.05. The predicted molar refractivity (Wildman–Crippen MR) is 98.0 cm³/mol. The summed E-state index contributed by atoms with van der Waals surface area (Å²) in [5, 5.41) is 2.83. The number of aryl methyl sites for hydroxylation is 3. The first-order valence-corrected chi connectivity index (χ1v) is 9.17. The van der Waals surface area contributed by atoms with Crippen LogP contribution >= 0.6 is 0 Å². The molecule has 1 N–H and O–H groups in total. The monoisotopic (exact) mass is 358 g/mol. The van der Waals surface area contributed by atoms with Crippen molar-refractivity contribution < 1.29 is 14.3 Å². The molecule has 7 heteroatoms. The fourth-order valence-corrected chi connectivity index (χ4v) is 3.42. The number of rotatable bonds is 4. The van der Waals surface area contributed by atoms with E-state index in [1.165, 1.54) is 13.5 Å². The van der Waals surface area contributed by atoms with E-state index >= 15 is 0 Å². The average Bonchev–Trinajstić information content (AvgIpc) is 2.81. The van der Waals surface area contributed by atoms with Gasteiger partial charge in [0.05, 0.1) is 12.7 Å². The molecule has 0 radical (unpaired) electrons. The Hall–Kier alpha value is -2.44. The molecule has 1 atom stereocenters. The van der Waals surface area contributed by atoms with Gasteiger partial charge >= 0.3 is 5.97 Å². The number of carbonyl (C=O) groups excluding carboxylic acids is 2. The number of carbonyl (C=O) groups is 2. The lowest BCUT2D eigenvalue weighted by Crippen LogP contribution is -2.52. The van der Waals surface area contributed by atoms with Gasteiger partial charge < -0.3 is 14.6 Å². The van der Waals surface area contributed by atoms with Crippen LogP contribution in [0.4, 0.5) is 0 Å². The number of nitrogens with zero attached hydrogens (tertiary/aromatic N) is 3. The SMILES string of the molecule is CCC(C)(NC(=O)c1cc(C)nc2c1nc1n2CCCCC1)C(=O)OC. The summed E-state index contributed by atoms with van der Waals surface area (Å²) in [4.78, 5) is 34.4. The number of aromatic nitrogens is 3. The Morgan fingerprint density at radius 1 is 1.31 bits per heavy atom. The van der Waals surface area contributed by atoms with Gasteiger partial charge in [-0.15, -0.1) is 0 Å². The summed E-state index contributed by atoms with van der Waals surface area (Å²) < 4.78 is 6.98. The maximum Gasteiger partial charge on any atom is 0.331 e. The Kier molecular flexibility index (Phi) is 4.98. The Balaban J connectivity index is 2.04. The number of nitrogens with one attached hydrogen (secondary N) is 1. The molecular formula is C19H26N4O3. The number of pyridine rings is 1. The normalized spacial score (nSPS) is 16.5. The summed E-state index contributed by atoms with van der Waals surface area (Å²) in [6.45, 7) is 6.25. The highest BCUT2D eigenvalue weighted by Crippen LogP contribution is 2.24. The quantitative estimate of drug-likeness (QED) is 0.849. The lowest BCUT2D eigenvalue weighted by Gasteiger charge is -2.26. The van der Waals surface area contributed by atoms with Crippen LogP contribution in [0.2, 0.25) is 0 Å². The molecule has 0 spiro atoms. The first kappa shape index (κ1) is 18.4. The summed E-state index contributed by atoms with van der Waals surface area (Å²) in [5.74, 6) is 0.190. The lowest BCUT2D eigenvalue weighted by molar-refractivity contribution is -0.147. The Bertz CT molecular complexity index is 858. The molecule has 1 aliphatic heterocycles. The molecule has 0 saturated carbocycles. The van der Waals surface area contributed by atoms with Crippen LogP contribution in [0.25, 0.3) is 11.2 Å². The van der Waals surface area contributed by atoms with Gasteiger partial charge in [-0.3, -0.25) is 4.79 Å². The van der Waals surface area contributed by atoms with E-state index in [1.54, 1.807) is 13.0 Å². The topological polar surface area (TPSA) is 86.1 Å². The molecule has 2 aromatic heterocycles. The molecule has 26 heavy (non-hydrogen) atoms. The highest BCUT2D eigenvalue weighted by Gasteiger charge is 2.35. The zero-order chi connectivity index (χ0) is 18.9. The third-order valence-electron chi connectivity index (χ3n) is 5.17. The Morgan fingerprint density at radius 3 is 2.77 bits per heavy atom. The number of hydrogen-bond acceptors (Lipinski definition) is 5. The van der Waals surface area contributed by atoms with Gasteiger partial charge in [-0.25, -0.2) is 14.8 Å². The van der Waals surface area contributed by atoms with E-state index in [9.17, 15) is 9.59 Å². The van der Waals surface area contributed by atoms with Crippen molar-refractivity contribution in [3.63, 3.8) is 0 Å². The van der Waals surface area contributed by atoms with Gasteiger partial charge in [-0.2, -0.15) is 0 Å². The number of amides is 1. The molecule has 3 heterocycles. The summed E-state index contributed by atoms with van der Waals surface area (Å²) in [6.07, 6.45) is 4.69. The van der Waals surface area contributed by atoms with Crippen molar-refractivity contribution in [2.24, 2.45) is 0 Å². The zero-order valence-corrected chi connectivity index (χ0v) is 15.9. The highest BCUT2D eigenvalue weighted by atomic mass is 16.5. The van der Waals surface area contributed by atoms with Crippen LogP contribution in [0, 0.1) is 6.92 Å². The molecule has 7 nitrogen and oxygen atoms in total. The van der Waals surface area contributed by atoms with Crippen LogP contribution in [0.3, 0.4) is 0 Å². The molecule has 0 aromatic carbocycles. The minimum Gasteiger partial charge on any atom is -0.467 e. The molecule has 2 aromatic rings. The van der Waals surface area contributed by atoms with E-state index in [1.807, 2.05) is 13.8 Å². The number of ether oxygens (including phenoxy) is 1. The zero-order valence-electron chi connectivity index (χ0n) is 15.9. The smallest absolute Gasteiger partial charge is 0.331 e. The van der Waals surface area contributed by atoms with Crippen molar-refractivity contribution in [3.8, 4) is 0 Å². The van der Waals surface area contributed by atoms with Crippen LogP contribution in [0.15, 0.2) is 6.07 Å². The number of hydrogen-bond donors (Lipinski definition) is 1. The minimum absolute atomic E-state index is 0.330. The van der Waals surface area contributed by atoms with Crippen LogP contribution in [0.1, 0.15) is 61.4 Å². The number of methoxy groups -OCH3 is 1. The lowest BCUT2D eigenvalue weighted by atomic mass is 9.98. The molecule has 1 aliphatic rings. The van der Waals surface area contributed by atoms with E-state index in [0.717, 1.165) is 43.0 Å². The molecule has 0 aliphatic carbocycles. The van der Waals surface area contributed by atoms with Gasteiger partial charge in [-0.1, -0.05) is 13.3 Å². The van der Waals surface area contributed by atoms with Crippen LogP contribution < -0.4 is 5.32 Å².